The van der Waals surface area contributed by atoms with Crippen LogP contribution in [-0.2, 0) is 0 Å². The highest BCUT2D eigenvalue weighted by Gasteiger charge is 1.94. The summed E-state index contributed by atoms with van der Waals surface area (Å²) in [5.41, 5.74) is 1.04. The predicted molar refractivity (Wildman–Crippen MR) is 59.4 cm³/mol. The number of hydrogen-bond donors (Lipinski definition) is 1. The Balaban J connectivity index is 4.53. The van der Waals surface area contributed by atoms with E-state index in [1.807, 2.05) is 51.3 Å². The van der Waals surface area contributed by atoms with E-state index in [-0.39, 0.29) is 0 Å². The van der Waals surface area contributed by atoms with Gasteiger partial charge in [-0.2, -0.15) is 0 Å². The van der Waals surface area contributed by atoms with Crippen molar-refractivity contribution in [2.24, 2.45) is 0 Å². The second kappa shape index (κ2) is 6.80. The summed E-state index contributed by atoms with van der Waals surface area (Å²) < 4.78 is 0. The molecule has 0 unspecified atom stereocenters. The fraction of sp³-hybridized carbons (Fsp3) is 0.300. The van der Waals surface area contributed by atoms with Crippen LogP contribution in [0, 0.1) is 0 Å². The molecular formula is C10H15NS. The van der Waals surface area contributed by atoms with Crippen LogP contribution in [0.2, 0.25) is 0 Å². The lowest BCUT2D eigenvalue weighted by molar-refractivity contribution is 1.20. The van der Waals surface area contributed by atoms with Crippen molar-refractivity contribution in [3.63, 3.8) is 0 Å². The van der Waals surface area contributed by atoms with Gasteiger partial charge in [0, 0.05) is 12.6 Å². The first-order chi connectivity index (χ1) is 5.76. The summed E-state index contributed by atoms with van der Waals surface area (Å²) >= 11 is 5.09. The van der Waals surface area contributed by atoms with Crippen LogP contribution in [0.25, 0.3) is 0 Å². The van der Waals surface area contributed by atoms with Gasteiger partial charge in [-0.05, 0) is 13.8 Å². The Bertz CT molecular complexity index is 224. The third kappa shape index (κ3) is 4.09. The zero-order valence-corrected chi connectivity index (χ0v) is 8.61. The van der Waals surface area contributed by atoms with Crippen molar-refractivity contribution in [3.8, 4) is 0 Å². The summed E-state index contributed by atoms with van der Waals surface area (Å²) in [6.07, 6.45) is 9.89. The summed E-state index contributed by atoms with van der Waals surface area (Å²) in [5.74, 6) is 0. The first-order valence-electron chi connectivity index (χ1n) is 3.94. The lowest BCUT2D eigenvalue weighted by Crippen LogP contribution is -2.16. The van der Waals surface area contributed by atoms with Crippen molar-refractivity contribution >= 4 is 17.2 Å². The minimum atomic E-state index is 0.770. The molecule has 0 bridgehead atoms. The van der Waals surface area contributed by atoms with Gasteiger partial charge in [0.1, 0.15) is 4.99 Å². The average molecular weight is 181 g/mol. The van der Waals surface area contributed by atoms with Gasteiger partial charge in [-0.3, -0.25) is 0 Å². The van der Waals surface area contributed by atoms with Crippen LogP contribution < -0.4 is 5.32 Å². The van der Waals surface area contributed by atoms with Gasteiger partial charge in [-0.15, -0.1) is 0 Å². The van der Waals surface area contributed by atoms with Gasteiger partial charge in [-0.25, -0.2) is 0 Å². The van der Waals surface area contributed by atoms with Crippen molar-refractivity contribution in [2.75, 3.05) is 7.05 Å². The second-order valence-corrected chi connectivity index (χ2v) is 2.64. The maximum Gasteiger partial charge on any atom is 0.106 e. The van der Waals surface area contributed by atoms with E-state index >= 15 is 0 Å². The highest BCUT2D eigenvalue weighted by atomic mass is 32.1. The molecule has 0 saturated heterocycles. The monoisotopic (exact) mass is 181 g/mol. The van der Waals surface area contributed by atoms with Crippen molar-refractivity contribution in [1.29, 1.82) is 0 Å². The lowest BCUT2D eigenvalue weighted by atomic mass is 10.2. The maximum absolute atomic E-state index is 5.09. The van der Waals surface area contributed by atoms with Crippen molar-refractivity contribution in [1.82, 2.24) is 5.32 Å². The van der Waals surface area contributed by atoms with Crippen LogP contribution >= 0.6 is 12.2 Å². The molecule has 2 heteroatoms. The van der Waals surface area contributed by atoms with E-state index in [0.717, 1.165) is 10.6 Å². The number of nitrogens with one attached hydrogen (secondary N) is 1. The Morgan fingerprint density at radius 3 is 2.33 bits per heavy atom. The Labute approximate surface area is 79.9 Å². The van der Waals surface area contributed by atoms with Gasteiger partial charge in [0.15, 0.2) is 0 Å². The molecule has 0 aromatic carbocycles. The molecule has 0 aliphatic carbocycles. The number of hydrogen-bond acceptors (Lipinski definition) is 1. The fourth-order valence-electron chi connectivity index (χ4n) is 0.731. The quantitative estimate of drug-likeness (QED) is 0.408. The van der Waals surface area contributed by atoms with E-state index in [2.05, 4.69) is 5.32 Å². The van der Waals surface area contributed by atoms with Gasteiger partial charge in [0.05, 0.1) is 0 Å². The fourth-order valence-corrected chi connectivity index (χ4v) is 0.867. The number of rotatable bonds is 3. The topological polar surface area (TPSA) is 12.0 Å². The molecule has 0 aromatic rings. The number of likely N-dealkylation sites (N-methyl/N-ethyl adjacent to an activating group) is 1. The van der Waals surface area contributed by atoms with Gasteiger partial charge >= 0.3 is 0 Å². The normalized spacial score (nSPS) is 12.8. The van der Waals surface area contributed by atoms with Crippen LogP contribution in [0.15, 0.2) is 36.0 Å². The highest BCUT2D eigenvalue weighted by Crippen LogP contribution is 1.99. The molecule has 0 fully saturated rings. The molecule has 1 nitrogen and oxygen atoms in total. The van der Waals surface area contributed by atoms with Crippen molar-refractivity contribution in [3.05, 3.63) is 36.0 Å². The van der Waals surface area contributed by atoms with E-state index in [0.29, 0.717) is 0 Å². The summed E-state index contributed by atoms with van der Waals surface area (Å²) in [5, 5.41) is 2.94. The predicted octanol–water partition coefficient (Wildman–Crippen LogP) is 2.61. The van der Waals surface area contributed by atoms with Crippen LogP contribution in [-0.4, -0.2) is 12.0 Å². The lowest BCUT2D eigenvalue weighted by Gasteiger charge is -2.01. The molecule has 0 radical (unpaired) electrons. The molecule has 0 rings (SSSR count). The Morgan fingerprint density at radius 2 is 1.92 bits per heavy atom. The maximum atomic E-state index is 5.09. The van der Waals surface area contributed by atoms with Crippen LogP contribution in [0.4, 0.5) is 0 Å². The van der Waals surface area contributed by atoms with E-state index in [9.17, 15) is 0 Å². The largest absolute Gasteiger partial charge is 0.379 e. The second-order valence-electron chi connectivity index (χ2n) is 2.23. The van der Waals surface area contributed by atoms with Gasteiger partial charge in [0.2, 0.25) is 0 Å². The van der Waals surface area contributed by atoms with Crippen LogP contribution in [0.5, 0.6) is 0 Å². The first kappa shape index (κ1) is 11.1. The molecular weight excluding hydrogens is 166 g/mol. The van der Waals surface area contributed by atoms with Gasteiger partial charge in [0.25, 0.3) is 0 Å². The van der Waals surface area contributed by atoms with Crippen LogP contribution in [0.3, 0.4) is 0 Å². The molecule has 0 spiro atoms. The standard InChI is InChI=1S/C10H15NS/c1-4-6-8-9(7-5-2)10(12)11-3/h4-8H,1-3H3,(H,11,12)/b6-4-,7-5-,9-8+. The van der Waals surface area contributed by atoms with Gasteiger partial charge in [-0.1, -0.05) is 42.6 Å². The van der Waals surface area contributed by atoms with Crippen LogP contribution in [0.1, 0.15) is 13.8 Å². The SMILES string of the molecule is C\C=C/C=C(\C=C/C)C(=S)NC. The minimum absolute atomic E-state index is 0.770. The molecule has 0 amide bonds. The van der Waals surface area contributed by atoms with E-state index < -0.39 is 0 Å². The summed E-state index contributed by atoms with van der Waals surface area (Å²) in [6.45, 7) is 3.95. The third-order valence-corrected chi connectivity index (χ3v) is 1.74. The summed E-state index contributed by atoms with van der Waals surface area (Å²) in [4.78, 5) is 0.770. The minimum Gasteiger partial charge on any atom is -0.379 e. The first-order valence-corrected chi connectivity index (χ1v) is 4.34. The molecule has 66 valence electrons. The zero-order valence-electron chi connectivity index (χ0n) is 7.79. The van der Waals surface area contributed by atoms with Crippen molar-refractivity contribution in [2.45, 2.75) is 13.8 Å². The summed E-state index contributed by atoms with van der Waals surface area (Å²) in [6, 6.07) is 0. The van der Waals surface area contributed by atoms with Crippen molar-refractivity contribution < 1.29 is 0 Å². The Kier molecular flexibility index (Phi) is 6.29. The van der Waals surface area contributed by atoms with E-state index in [1.54, 1.807) is 0 Å². The highest BCUT2D eigenvalue weighted by molar-refractivity contribution is 7.80. The molecule has 0 aliphatic rings. The molecule has 1 N–H and O–H groups in total. The van der Waals surface area contributed by atoms with E-state index in [1.165, 1.54) is 0 Å². The average Bonchev–Trinajstić information content (AvgIpc) is 2.11. The zero-order chi connectivity index (χ0) is 9.40. The number of allylic oxidation sites excluding steroid dienone is 4. The Hall–Kier alpha value is -0.890. The third-order valence-electron chi connectivity index (χ3n) is 1.30. The molecule has 12 heavy (non-hydrogen) atoms. The molecule has 0 aromatic heterocycles. The molecule has 0 saturated carbocycles. The van der Waals surface area contributed by atoms with Gasteiger partial charge < -0.3 is 5.32 Å². The molecule has 0 aliphatic heterocycles. The molecule has 0 atom stereocenters. The molecule has 0 heterocycles. The Morgan fingerprint density at radius 1 is 1.25 bits per heavy atom. The van der Waals surface area contributed by atoms with E-state index in [4.69, 9.17) is 12.2 Å². The number of thiocarbonyl (C=S) groups is 1. The summed E-state index contributed by atoms with van der Waals surface area (Å²) in [7, 11) is 1.83. The smallest absolute Gasteiger partial charge is 0.106 e.